The number of hydrogen-bond acceptors (Lipinski definition) is 4. The minimum atomic E-state index is 0.0754. The number of guanidine groups is 1. The smallest absolute Gasteiger partial charge is 0.225 e. The van der Waals surface area contributed by atoms with E-state index in [4.69, 9.17) is 4.42 Å². The van der Waals surface area contributed by atoms with Gasteiger partial charge in [0.2, 0.25) is 5.91 Å². The van der Waals surface area contributed by atoms with Crippen LogP contribution in [0.2, 0.25) is 0 Å². The Morgan fingerprint density at radius 1 is 1.42 bits per heavy atom. The van der Waals surface area contributed by atoms with Crippen LogP contribution in [0.1, 0.15) is 32.4 Å². The lowest BCUT2D eigenvalue weighted by molar-refractivity contribution is -0.135. The van der Waals surface area contributed by atoms with Crippen LogP contribution >= 0.6 is 11.8 Å². The maximum Gasteiger partial charge on any atom is 0.225 e. The summed E-state index contributed by atoms with van der Waals surface area (Å²) >= 11 is 1.80. The Balaban J connectivity index is 1.80. The van der Waals surface area contributed by atoms with E-state index in [-0.39, 0.29) is 11.8 Å². The average Bonchev–Trinajstić information content (AvgIpc) is 3.15. The molecular formula is C19H32N4O2S. The van der Waals surface area contributed by atoms with Crippen LogP contribution in [0, 0.1) is 5.92 Å². The fourth-order valence-corrected chi connectivity index (χ4v) is 3.24. The Hall–Kier alpha value is -1.63. The van der Waals surface area contributed by atoms with E-state index in [0.29, 0.717) is 6.04 Å². The number of thioether (sulfide) groups is 1. The summed E-state index contributed by atoms with van der Waals surface area (Å²) in [4.78, 5) is 18.8. The third kappa shape index (κ3) is 6.94. The number of amides is 1. The van der Waals surface area contributed by atoms with Crippen LogP contribution in [0.4, 0.5) is 0 Å². The van der Waals surface area contributed by atoms with Crippen molar-refractivity contribution < 1.29 is 9.21 Å². The highest BCUT2D eigenvalue weighted by Gasteiger charge is 2.24. The van der Waals surface area contributed by atoms with E-state index < -0.39 is 0 Å². The van der Waals surface area contributed by atoms with Crippen LogP contribution in [-0.4, -0.2) is 61.0 Å². The van der Waals surface area contributed by atoms with Crippen molar-refractivity contribution >= 4 is 23.6 Å². The van der Waals surface area contributed by atoms with Gasteiger partial charge in [0.1, 0.15) is 5.76 Å². The number of rotatable bonds is 8. The normalized spacial score (nSPS) is 16.2. The van der Waals surface area contributed by atoms with Gasteiger partial charge in [-0.25, -0.2) is 0 Å². The van der Waals surface area contributed by atoms with Crippen molar-refractivity contribution in [1.29, 1.82) is 0 Å². The molecule has 146 valence electrons. The van der Waals surface area contributed by atoms with E-state index in [2.05, 4.69) is 21.9 Å². The third-order valence-corrected chi connectivity index (χ3v) is 5.04. The van der Waals surface area contributed by atoms with Gasteiger partial charge in [-0.2, -0.15) is 11.8 Å². The molecule has 1 fully saturated rings. The highest BCUT2D eigenvalue weighted by atomic mass is 32.2. The molecule has 0 radical (unpaired) electrons. The molecule has 2 heterocycles. The molecule has 0 spiro atoms. The molecule has 26 heavy (non-hydrogen) atoms. The number of carbonyl (C=O) groups is 1. The topological polar surface area (TPSA) is 69.9 Å². The number of piperidine rings is 1. The maximum absolute atomic E-state index is 12.1. The summed E-state index contributed by atoms with van der Waals surface area (Å²) in [5.41, 5.74) is 0. The third-order valence-electron chi connectivity index (χ3n) is 4.45. The lowest BCUT2D eigenvalue weighted by atomic mass is 10.0. The second kappa shape index (κ2) is 11.2. The van der Waals surface area contributed by atoms with Gasteiger partial charge < -0.3 is 20.0 Å². The summed E-state index contributed by atoms with van der Waals surface area (Å²) in [5, 5.41) is 6.95. The largest absolute Gasteiger partial charge is 0.469 e. The van der Waals surface area contributed by atoms with Crippen molar-refractivity contribution in [3.05, 3.63) is 24.2 Å². The maximum atomic E-state index is 12.1. The number of carbonyl (C=O) groups excluding carboxylic acids is 1. The van der Waals surface area contributed by atoms with Crippen molar-refractivity contribution in [1.82, 2.24) is 15.5 Å². The molecule has 2 N–H and O–H groups in total. The molecule has 1 aliphatic rings. The predicted octanol–water partition coefficient (Wildman–Crippen LogP) is 2.37. The molecule has 7 heteroatoms. The van der Waals surface area contributed by atoms with E-state index in [9.17, 15) is 4.79 Å². The van der Waals surface area contributed by atoms with Crippen LogP contribution in [-0.2, 0) is 11.2 Å². The van der Waals surface area contributed by atoms with Crippen LogP contribution in [0.15, 0.2) is 27.8 Å². The van der Waals surface area contributed by atoms with Gasteiger partial charge in [-0.1, -0.05) is 13.8 Å². The van der Waals surface area contributed by atoms with Crippen LogP contribution in [0.5, 0.6) is 0 Å². The Labute approximate surface area is 161 Å². The first-order chi connectivity index (χ1) is 12.6. The van der Waals surface area contributed by atoms with Crippen molar-refractivity contribution in [2.45, 2.75) is 39.2 Å². The zero-order chi connectivity index (χ0) is 18.8. The molecule has 1 aromatic rings. The SMILES string of the molecule is CSCCN=C(NCCc1ccco1)NC1CCN(C(=O)C(C)C)CC1. The summed E-state index contributed by atoms with van der Waals surface area (Å²) in [7, 11) is 0. The van der Waals surface area contributed by atoms with Gasteiger partial charge in [-0.05, 0) is 31.2 Å². The first-order valence-corrected chi connectivity index (χ1v) is 10.8. The highest BCUT2D eigenvalue weighted by molar-refractivity contribution is 7.98. The lowest BCUT2D eigenvalue weighted by Gasteiger charge is -2.34. The number of furan rings is 1. The van der Waals surface area contributed by atoms with Crippen molar-refractivity contribution in [2.24, 2.45) is 10.9 Å². The molecular weight excluding hydrogens is 348 g/mol. The minimum absolute atomic E-state index is 0.0754. The number of likely N-dealkylation sites (tertiary alicyclic amines) is 1. The Morgan fingerprint density at radius 2 is 2.19 bits per heavy atom. The average molecular weight is 381 g/mol. The van der Waals surface area contributed by atoms with Gasteiger partial charge >= 0.3 is 0 Å². The monoisotopic (exact) mass is 380 g/mol. The van der Waals surface area contributed by atoms with Crippen molar-refractivity contribution in [3.8, 4) is 0 Å². The van der Waals surface area contributed by atoms with Gasteiger partial charge in [-0.3, -0.25) is 9.79 Å². The zero-order valence-electron chi connectivity index (χ0n) is 16.2. The fourth-order valence-electron chi connectivity index (χ4n) is 2.96. The van der Waals surface area contributed by atoms with Gasteiger partial charge in [-0.15, -0.1) is 0 Å². The number of aliphatic imine (C=N–C) groups is 1. The molecule has 2 rings (SSSR count). The Morgan fingerprint density at radius 3 is 2.81 bits per heavy atom. The van der Waals surface area contributed by atoms with E-state index >= 15 is 0 Å². The summed E-state index contributed by atoms with van der Waals surface area (Å²) in [6.45, 7) is 7.14. The van der Waals surface area contributed by atoms with Crippen LogP contribution < -0.4 is 10.6 Å². The van der Waals surface area contributed by atoms with E-state index in [1.54, 1.807) is 18.0 Å². The number of nitrogens with zero attached hydrogens (tertiary/aromatic N) is 2. The molecule has 6 nitrogen and oxygen atoms in total. The number of nitrogens with one attached hydrogen (secondary N) is 2. The first kappa shape index (κ1) is 20.7. The summed E-state index contributed by atoms with van der Waals surface area (Å²) in [5.74, 6) is 3.17. The fraction of sp³-hybridized carbons (Fsp3) is 0.684. The van der Waals surface area contributed by atoms with Gasteiger partial charge in [0.15, 0.2) is 5.96 Å². The van der Waals surface area contributed by atoms with Crippen molar-refractivity contribution in [2.75, 3.05) is 38.2 Å². The summed E-state index contributed by atoms with van der Waals surface area (Å²) in [6.07, 6.45) is 6.54. The highest BCUT2D eigenvalue weighted by Crippen LogP contribution is 2.13. The van der Waals surface area contributed by atoms with Gasteiger partial charge in [0.05, 0.1) is 12.8 Å². The van der Waals surface area contributed by atoms with E-state index in [1.165, 1.54) is 0 Å². The second-order valence-corrected chi connectivity index (χ2v) is 7.86. The lowest BCUT2D eigenvalue weighted by Crippen LogP contribution is -2.50. The molecule has 0 unspecified atom stereocenters. The summed E-state index contributed by atoms with van der Waals surface area (Å²) < 4.78 is 5.38. The molecule has 0 bridgehead atoms. The minimum Gasteiger partial charge on any atom is -0.469 e. The standard InChI is InChI=1S/C19H32N4O2S/c1-15(2)18(24)23-11-7-16(8-12-23)22-19(21-10-14-26-3)20-9-6-17-5-4-13-25-17/h4-5,13,15-16H,6-12,14H2,1-3H3,(H2,20,21,22). The molecule has 1 aromatic heterocycles. The van der Waals surface area contributed by atoms with E-state index in [1.807, 2.05) is 30.9 Å². The predicted molar refractivity (Wildman–Crippen MR) is 109 cm³/mol. The molecule has 0 aromatic carbocycles. The van der Waals surface area contributed by atoms with Crippen molar-refractivity contribution in [3.63, 3.8) is 0 Å². The summed E-state index contributed by atoms with van der Waals surface area (Å²) in [6, 6.07) is 4.25. The van der Waals surface area contributed by atoms with Gasteiger partial charge in [0, 0.05) is 43.8 Å². The molecule has 0 aliphatic carbocycles. The molecule has 0 saturated carbocycles. The Bertz CT molecular complexity index is 552. The van der Waals surface area contributed by atoms with Gasteiger partial charge in [0.25, 0.3) is 0 Å². The van der Waals surface area contributed by atoms with Crippen LogP contribution in [0.25, 0.3) is 0 Å². The number of hydrogen-bond donors (Lipinski definition) is 2. The molecule has 0 atom stereocenters. The van der Waals surface area contributed by atoms with Crippen LogP contribution in [0.3, 0.4) is 0 Å². The molecule has 1 saturated heterocycles. The van der Waals surface area contributed by atoms with E-state index in [0.717, 1.165) is 62.9 Å². The second-order valence-electron chi connectivity index (χ2n) is 6.88. The first-order valence-electron chi connectivity index (χ1n) is 9.45. The quantitative estimate of drug-likeness (QED) is 0.412. The molecule has 1 amide bonds. The molecule has 1 aliphatic heterocycles. The Kier molecular flexibility index (Phi) is 8.88. The zero-order valence-corrected chi connectivity index (χ0v) is 17.0.